The van der Waals surface area contributed by atoms with Gasteiger partial charge in [0, 0.05) is 0 Å². The summed E-state index contributed by atoms with van der Waals surface area (Å²) in [6.45, 7) is 0. The first-order chi connectivity index (χ1) is 10.5. The summed E-state index contributed by atoms with van der Waals surface area (Å²) in [4.78, 5) is 14.2. The quantitative estimate of drug-likeness (QED) is 0.272. The molecule has 0 aliphatic carbocycles. The van der Waals surface area contributed by atoms with Crippen LogP contribution in [0.5, 0.6) is 0 Å². The largest absolute Gasteiger partial charge is 0.220 e. The maximum atomic E-state index is 13.6. The van der Waals surface area contributed by atoms with Crippen molar-refractivity contribution in [2.45, 2.75) is 0 Å². The third kappa shape index (κ3) is 1.71. The molecule has 0 aliphatic heterocycles. The molecule has 6 nitrogen and oxygen atoms in total. The Morgan fingerprint density at radius 2 is 0.955 bits per heavy atom. The summed E-state index contributed by atoms with van der Waals surface area (Å²) in [5, 5.41) is 17.6. The van der Waals surface area contributed by atoms with Crippen molar-refractivity contribution < 1.29 is 17.6 Å². The second kappa shape index (κ2) is 4.56. The number of nitriles is 2. The van der Waals surface area contributed by atoms with Gasteiger partial charge in [-0.15, -0.1) is 0 Å². The Morgan fingerprint density at radius 3 is 1.27 bits per heavy atom. The molecule has 0 unspecified atom stereocenters. The average Bonchev–Trinajstić information content (AvgIpc) is 2.55. The molecule has 0 saturated carbocycles. The van der Waals surface area contributed by atoms with Crippen molar-refractivity contribution in [2.24, 2.45) is 0 Å². The Morgan fingerprint density at radius 1 is 0.591 bits per heavy atom. The number of halogens is 4. The van der Waals surface area contributed by atoms with Gasteiger partial charge >= 0.3 is 0 Å². The summed E-state index contributed by atoms with van der Waals surface area (Å²) >= 11 is 0. The minimum absolute atomic E-state index is 0.410. The molecule has 22 heavy (non-hydrogen) atoms. The van der Waals surface area contributed by atoms with Crippen LogP contribution in [0.4, 0.5) is 17.6 Å². The normalized spacial score (nSPS) is 10.6. The van der Waals surface area contributed by atoms with Gasteiger partial charge in [-0.1, -0.05) is 0 Å². The Bertz CT molecular complexity index is 966. The van der Waals surface area contributed by atoms with Gasteiger partial charge in [-0.3, -0.25) is 0 Å². The van der Waals surface area contributed by atoms with Crippen LogP contribution in [0.2, 0.25) is 0 Å². The van der Waals surface area contributed by atoms with E-state index in [4.69, 9.17) is 10.5 Å². The monoisotopic (exact) mass is 304 g/mol. The van der Waals surface area contributed by atoms with E-state index in [-0.39, 0.29) is 0 Å². The third-order valence-electron chi connectivity index (χ3n) is 2.73. The predicted molar refractivity (Wildman–Crippen MR) is 61.9 cm³/mol. The van der Waals surface area contributed by atoms with Crippen LogP contribution in [0.1, 0.15) is 11.4 Å². The van der Waals surface area contributed by atoms with E-state index in [1.807, 2.05) is 0 Å². The van der Waals surface area contributed by atoms with Crippen LogP contribution in [-0.2, 0) is 0 Å². The average molecular weight is 304 g/mol. The maximum Gasteiger partial charge on any atom is 0.199 e. The van der Waals surface area contributed by atoms with Crippen LogP contribution in [0.15, 0.2) is 0 Å². The number of rotatable bonds is 0. The molecule has 3 aromatic rings. The second-order valence-electron chi connectivity index (χ2n) is 3.97. The molecule has 0 bridgehead atoms. The van der Waals surface area contributed by atoms with Gasteiger partial charge in [-0.25, -0.2) is 37.5 Å². The van der Waals surface area contributed by atoms with Gasteiger partial charge in [0.2, 0.25) is 0 Å². The first-order valence-electron chi connectivity index (χ1n) is 5.49. The van der Waals surface area contributed by atoms with Gasteiger partial charge in [0.25, 0.3) is 0 Å². The molecular weight excluding hydrogens is 304 g/mol. The van der Waals surface area contributed by atoms with Crippen molar-refractivity contribution in [1.29, 1.82) is 10.5 Å². The summed E-state index contributed by atoms with van der Waals surface area (Å²) in [5.74, 6) is -7.57. The summed E-state index contributed by atoms with van der Waals surface area (Å²) in [6.07, 6.45) is 0. The Kier molecular flexibility index (Phi) is 2.82. The number of benzene rings is 1. The van der Waals surface area contributed by atoms with Crippen LogP contribution in [0, 0.1) is 45.9 Å². The molecule has 0 aliphatic rings. The van der Waals surface area contributed by atoms with Crippen LogP contribution in [-0.4, -0.2) is 19.9 Å². The highest BCUT2D eigenvalue weighted by atomic mass is 19.2. The lowest BCUT2D eigenvalue weighted by Gasteiger charge is -2.04. The summed E-state index contributed by atoms with van der Waals surface area (Å²) < 4.78 is 53.7. The zero-order valence-electron chi connectivity index (χ0n) is 10.2. The molecular formula is C12F4N6. The van der Waals surface area contributed by atoms with E-state index in [0.29, 0.717) is 0 Å². The molecule has 10 heteroatoms. The van der Waals surface area contributed by atoms with E-state index in [1.54, 1.807) is 12.1 Å². The lowest BCUT2D eigenvalue weighted by Crippen LogP contribution is -2.05. The van der Waals surface area contributed by atoms with Crippen molar-refractivity contribution in [3.63, 3.8) is 0 Å². The highest BCUT2D eigenvalue weighted by Gasteiger charge is 2.24. The van der Waals surface area contributed by atoms with Crippen LogP contribution < -0.4 is 0 Å². The van der Waals surface area contributed by atoms with E-state index in [1.165, 1.54) is 0 Å². The lowest BCUT2D eigenvalue weighted by molar-refractivity contribution is 0.416. The van der Waals surface area contributed by atoms with Crippen LogP contribution in [0.25, 0.3) is 22.3 Å². The fourth-order valence-corrected chi connectivity index (χ4v) is 1.75. The van der Waals surface area contributed by atoms with E-state index in [0.717, 1.165) is 0 Å². The smallest absolute Gasteiger partial charge is 0.199 e. The highest BCUT2D eigenvalue weighted by Crippen LogP contribution is 2.25. The summed E-state index contributed by atoms with van der Waals surface area (Å²) in [5.41, 5.74) is -3.43. The van der Waals surface area contributed by atoms with Gasteiger partial charge in [0.1, 0.15) is 23.2 Å². The van der Waals surface area contributed by atoms with Crippen LogP contribution >= 0.6 is 0 Å². The minimum atomic E-state index is -2.04. The molecule has 0 N–H and O–H groups in total. The molecule has 0 amide bonds. The number of hydrogen-bond donors (Lipinski definition) is 0. The van der Waals surface area contributed by atoms with E-state index in [2.05, 4.69) is 19.9 Å². The number of fused-ring (bicyclic) bond motifs is 2. The fourth-order valence-electron chi connectivity index (χ4n) is 1.75. The number of hydrogen-bond acceptors (Lipinski definition) is 6. The molecule has 0 spiro atoms. The Balaban J connectivity index is 2.53. The topological polar surface area (TPSA) is 99.1 Å². The molecule has 0 atom stereocenters. The van der Waals surface area contributed by atoms with E-state index >= 15 is 0 Å². The van der Waals surface area contributed by atoms with Gasteiger partial charge < -0.3 is 0 Å². The maximum absolute atomic E-state index is 13.6. The molecule has 3 rings (SSSR count). The minimum Gasteiger partial charge on any atom is -0.220 e. The first kappa shape index (κ1) is 13.6. The molecule has 1 aromatic carbocycles. The molecule has 0 saturated heterocycles. The fraction of sp³-hybridized carbons (Fsp3) is 0. The standard InChI is InChI=1S/C12F4N6/c13-5-6(14)8(16)10-9(7(5)15)21-11-12(22-10)20-4(2-18)3(1-17)19-11. The molecule has 2 heterocycles. The van der Waals surface area contributed by atoms with E-state index in [9.17, 15) is 17.6 Å². The van der Waals surface area contributed by atoms with Crippen molar-refractivity contribution in [2.75, 3.05) is 0 Å². The molecule has 0 radical (unpaired) electrons. The number of nitrogens with zero attached hydrogens (tertiary/aromatic N) is 6. The molecule has 106 valence electrons. The van der Waals surface area contributed by atoms with Gasteiger partial charge in [-0.2, -0.15) is 10.5 Å². The third-order valence-corrected chi connectivity index (χ3v) is 2.73. The number of aromatic nitrogens is 4. The van der Waals surface area contributed by atoms with Crippen molar-refractivity contribution in [3.8, 4) is 12.1 Å². The predicted octanol–water partition coefficient (Wildman–Crippen LogP) is 1.87. The van der Waals surface area contributed by atoms with Crippen molar-refractivity contribution in [3.05, 3.63) is 34.7 Å². The Hall–Kier alpha value is -3.40. The summed E-state index contributed by atoms with van der Waals surface area (Å²) in [6, 6.07) is 3.13. The van der Waals surface area contributed by atoms with Gasteiger partial charge in [0.05, 0.1) is 0 Å². The SMILES string of the molecule is N#Cc1nc2nc3c(F)c(F)c(F)c(F)c3nc2nc1C#N. The van der Waals surface area contributed by atoms with E-state index < -0.39 is 57.0 Å². The van der Waals surface area contributed by atoms with Gasteiger partial charge in [0.15, 0.2) is 46.0 Å². The zero-order valence-corrected chi connectivity index (χ0v) is 10.2. The summed E-state index contributed by atoms with van der Waals surface area (Å²) in [7, 11) is 0. The molecule has 2 aromatic heterocycles. The highest BCUT2D eigenvalue weighted by molar-refractivity contribution is 5.83. The second-order valence-corrected chi connectivity index (χ2v) is 3.97. The molecule has 0 fully saturated rings. The van der Waals surface area contributed by atoms with Gasteiger partial charge in [-0.05, 0) is 0 Å². The lowest BCUT2D eigenvalue weighted by atomic mass is 10.2. The van der Waals surface area contributed by atoms with Crippen molar-refractivity contribution >= 4 is 22.3 Å². The van der Waals surface area contributed by atoms with Crippen LogP contribution in [0.3, 0.4) is 0 Å². The zero-order chi connectivity index (χ0) is 16.0. The first-order valence-corrected chi connectivity index (χ1v) is 5.49. The van der Waals surface area contributed by atoms with Crippen molar-refractivity contribution in [1.82, 2.24) is 19.9 Å². The Labute approximate surface area is 118 Å².